The molecule has 0 spiro atoms. The maximum Gasteiger partial charge on any atom is 0.360 e. The van der Waals surface area contributed by atoms with E-state index in [1.807, 2.05) is 0 Å². The third-order valence-electron chi connectivity index (χ3n) is 3.78. The van der Waals surface area contributed by atoms with Crippen LogP contribution in [0.2, 0.25) is 10.0 Å². The summed E-state index contributed by atoms with van der Waals surface area (Å²) in [6.07, 6.45) is 4.01. The number of nitrogens with zero attached hydrogens (tertiary/aromatic N) is 2. The molecule has 0 fully saturated rings. The molecular formula is C18H21Cl2N3O4. The van der Waals surface area contributed by atoms with Gasteiger partial charge in [-0.2, -0.15) is 0 Å². The average molecular weight is 414 g/mol. The Labute approximate surface area is 167 Å². The SMILES string of the molecule is CCCCCN(Cc1nc(C(=O)OC)co1)C(=O)Nc1cccc(Cl)c1Cl. The minimum Gasteiger partial charge on any atom is -0.464 e. The van der Waals surface area contributed by atoms with E-state index in [2.05, 4.69) is 22.0 Å². The molecule has 0 unspecified atom stereocenters. The predicted molar refractivity (Wildman–Crippen MR) is 103 cm³/mol. The molecule has 2 rings (SSSR count). The number of halogens is 2. The molecule has 1 N–H and O–H groups in total. The first-order valence-electron chi connectivity index (χ1n) is 8.49. The highest BCUT2D eigenvalue weighted by atomic mass is 35.5. The van der Waals surface area contributed by atoms with Crippen molar-refractivity contribution < 1.29 is 18.7 Å². The number of hydrogen-bond donors (Lipinski definition) is 1. The Bertz CT molecular complexity index is 795. The number of carbonyl (C=O) groups is 2. The van der Waals surface area contributed by atoms with Gasteiger partial charge >= 0.3 is 12.0 Å². The van der Waals surface area contributed by atoms with Gasteiger partial charge in [0, 0.05) is 6.54 Å². The van der Waals surface area contributed by atoms with E-state index in [0.717, 1.165) is 19.3 Å². The smallest absolute Gasteiger partial charge is 0.360 e. The Morgan fingerprint density at radius 2 is 2.07 bits per heavy atom. The second-order valence-electron chi connectivity index (χ2n) is 5.78. The van der Waals surface area contributed by atoms with Crippen LogP contribution in [0.4, 0.5) is 10.5 Å². The van der Waals surface area contributed by atoms with E-state index in [1.165, 1.54) is 13.4 Å². The zero-order valence-electron chi connectivity index (χ0n) is 15.1. The van der Waals surface area contributed by atoms with Crippen molar-refractivity contribution in [2.75, 3.05) is 19.0 Å². The number of hydrogen-bond acceptors (Lipinski definition) is 5. The molecule has 0 aliphatic rings. The minimum absolute atomic E-state index is 0.0549. The summed E-state index contributed by atoms with van der Waals surface area (Å²) in [7, 11) is 1.26. The van der Waals surface area contributed by atoms with Gasteiger partial charge in [0.25, 0.3) is 0 Å². The molecule has 0 saturated heterocycles. The third-order valence-corrected chi connectivity index (χ3v) is 4.60. The summed E-state index contributed by atoms with van der Waals surface area (Å²) < 4.78 is 9.89. The van der Waals surface area contributed by atoms with Gasteiger partial charge in [0.1, 0.15) is 6.26 Å². The Hall–Kier alpha value is -2.25. The number of nitrogens with one attached hydrogen (secondary N) is 1. The van der Waals surface area contributed by atoms with Crippen molar-refractivity contribution in [2.24, 2.45) is 0 Å². The molecule has 1 aromatic carbocycles. The van der Waals surface area contributed by atoms with Crippen LogP contribution in [0, 0.1) is 0 Å². The quantitative estimate of drug-likeness (QED) is 0.486. The van der Waals surface area contributed by atoms with Crippen LogP contribution in [0.25, 0.3) is 0 Å². The lowest BCUT2D eigenvalue weighted by molar-refractivity contribution is 0.0594. The summed E-state index contributed by atoms with van der Waals surface area (Å²) in [6, 6.07) is 4.63. The number of amides is 2. The van der Waals surface area contributed by atoms with Crippen LogP contribution in [-0.2, 0) is 11.3 Å². The number of anilines is 1. The van der Waals surface area contributed by atoms with E-state index in [4.69, 9.17) is 27.6 Å². The van der Waals surface area contributed by atoms with Gasteiger partial charge in [-0.1, -0.05) is 49.0 Å². The lowest BCUT2D eigenvalue weighted by Gasteiger charge is -2.22. The third kappa shape index (κ3) is 5.87. The number of aromatic nitrogens is 1. The van der Waals surface area contributed by atoms with Crippen LogP contribution in [0.15, 0.2) is 28.9 Å². The second kappa shape index (κ2) is 10.2. The van der Waals surface area contributed by atoms with E-state index in [9.17, 15) is 9.59 Å². The molecule has 0 atom stereocenters. The highest BCUT2D eigenvalue weighted by Gasteiger charge is 2.20. The molecule has 2 aromatic rings. The predicted octanol–water partition coefficient (Wildman–Crippen LogP) is 4.99. The molecule has 0 radical (unpaired) electrons. The standard InChI is InChI=1S/C18H21Cl2N3O4/c1-3-4-5-9-23(10-15-21-14(11-27-15)17(24)26-2)18(25)22-13-8-6-7-12(19)16(13)20/h6-8,11H,3-5,9-10H2,1-2H3,(H,22,25). The number of oxazole rings is 1. The minimum atomic E-state index is -0.599. The summed E-state index contributed by atoms with van der Waals surface area (Å²) in [4.78, 5) is 29.8. The van der Waals surface area contributed by atoms with Crippen molar-refractivity contribution >= 4 is 40.9 Å². The Balaban J connectivity index is 2.12. The first kappa shape index (κ1) is 21.1. The van der Waals surface area contributed by atoms with Gasteiger partial charge in [0.05, 0.1) is 29.4 Å². The van der Waals surface area contributed by atoms with Crippen molar-refractivity contribution in [3.8, 4) is 0 Å². The fourth-order valence-corrected chi connectivity index (χ4v) is 2.69. The molecular weight excluding hydrogens is 393 g/mol. The summed E-state index contributed by atoms with van der Waals surface area (Å²) in [5.41, 5.74) is 0.469. The molecule has 9 heteroatoms. The average Bonchev–Trinajstić information content (AvgIpc) is 3.12. The number of esters is 1. The fraction of sp³-hybridized carbons (Fsp3) is 0.389. The van der Waals surface area contributed by atoms with Crippen LogP contribution >= 0.6 is 23.2 Å². The summed E-state index contributed by atoms with van der Waals surface area (Å²) in [5, 5.41) is 3.37. The van der Waals surface area contributed by atoms with Crippen LogP contribution in [0.5, 0.6) is 0 Å². The maximum absolute atomic E-state index is 12.7. The van der Waals surface area contributed by atoms with E-state index in [-0.39, 0.29) is 29.2 Å². The lowest BCUT2D eigenvalue weighted by atomic mass is 10.2. The molecule has 0 aliphatic carbocycles. The zero-order chi connectivity index (χ0) is 19.8. The Morgan fingerprint density at radius 3 is 2.78 bits per heavy atom. The van der Waals surface area contributed by atoms with Gasteiger partial charge in [0.2, 0.25) is 5.89 Å². The molecule has 27 heavy (non-hydrogen) atoms. The van der Waals surface area contributed by atoms with Gasteiger partial charge in [0.15, 0.2) is 5.69 Å². The van der Waals surface area contributed by atoms with Crippen molar-refractivity contribution in [1.29, 1.82) is 0 Å². The molecule has 0 saturated carbocycles. The fourth-order valence-electron chi connectivity index (χ4n) is 2.34. The first-order valence-corrected chi connectivity index (χ1v) is 9.24. The van der Waals surface area contributed by atoms with E-state index < -0.39 is 5.97 Å². The highest BCUT2D eigenvalue weighted by Crippen LogP contribution is 2.29. The molecule has 1 aromatic heterocycles. The van der Waals surface area contributed by atoms with E-state index in [0.29, 0.717) is 17.3 Å². The number of ether oxygens (including phenoxy) is 1. The largest absolute Gasteiger partial charge is 0.464 e. The molecule has 2 amide bonds. The number of rotatable bonds is 8. The molecule has 7 nitrogen and oxygen atoms in total. The van der Waals surface area contributed by atoms with Gasteiger partial charge in [-0.05, 0) is 18.6 Å². The Kier molecular flexibility index (Phi) is 7.94. The van der Waals surface area contributed by atoms with Crippen LogP contribution in [0.1, 0.15) is 42.6 Å². The van der Waals surface area contributed by atoms with Gasteiger partial charge in [-0.3, -0.25) is 0 Å². The number of carbonyl (C=O) groups excluding carboxylic acids is 2. The van der Waals surface area contributed by atoms with Gasteiger partial charge in [-0.15, -0.1) is 0 Å². The zero-order valence-corrected chi connectivity index (χ0v) is 16.6. The van der Waals surface area contributed by atoms with Gasteiger partial charge in [-0.25, -0.2) is 14.6 Å². The summed E-state index contributed by atoms with van der Waals surface area (Å²) in [5.74, 6) is -0.364. The molecule has 1 heterocycles. The normalized spacial score (nSPS) is 10.5. The topological polar surface area (TPSA) is 84.7 Å². The number of unbranched alkanes of at least 4 members (excludes halogenated alkanes) is 2. The van der Waals surface area contributed by atoms with E-state index >= 15 is 0 Å². The van der Waals surface area contributed by atoms with Crippen LogP contribution < -0.4 is 5.32 Å². The highest BCUT2D eigenvalue weighted by molar-refractivity contribution is 6.43. The van der Waals surface area contributed by atoms with Crippen LogP contribution in [-0.4, -0.2) is 35.5 Å². The summed E-state index contributed by atoms with van der Waals surface area (Å²) >= 11 is 12.1. The van der Waals surface area contributed by atoms with Crippen LogP contribution in [0.3, 0.4) is 0 Å². The van der Waals surface area contributed by atoms with Crippen molar-refractivity contribution in [1.82, 2.24) is 9.88 Å². The lowest BCUT2D eigenvalue weighted by Crippen LogP contribution is -2.35. The number of benzene rings is 1. The molecule has 0 aliphatic heterocycles. The van der Waals surface area contributed by atoms with Crippen molar-refractivity contribution in [2.45, 2.75) is 32.7 Å². The van der Waals surface area contributed by atoms with Crippen molar-refractivity contribution in [3.63, 3.8) is 0 Å². The molecule has 146 valence electrons. The van der Waals surface area contributed by atoms with E-state index in [1.54, 1.807) is 23.1 Å². The maximum atomic E-state index is 12.7. The van der Waals surface area contributed by atoms with Crippen molar-refractivity contribution in [3.05, 3.63) is 46.1 Å². The number of methoxy groups -OCH3 is 1. The first-order chi connectivity index (χ1) is 13.0. The number of urea groups is 1. The Morgan fingerprint density at radius 1 is 1.30 bits per heavy atom. The molecule has 0 bridgehead atoms. The summed E-state index contributed by atoms with van der Waals surface area (Å²) in [6.45, 7) is 2.67. The monoisotopic (exact) mass is 413 g/mol. The van der Waals surface area contributed by atoms with Gasteiger partial charge < -0.3 is 19.4 Å². The second-order valence-corrected chi connectivity index (χ2v) is 6.56.